The van der Waals surface area contributed by atoms with Crippen molar-refractivity contribution in [1.82, 2.24) is 10.2 Å². The normalized spacial score (nSPS) is 10.5. The molecule has 2 rings (SSSR count). The Bertz CT molecular complexity index is 963. The molecule has 0 fully saturated rings. The van der Waals surface area contributed by atoms with E-state index < -0.39 is 10.8 Å². The molecular formula is C22H23N3O5S. The van der Waals surface area contributed by atoms with Crippen LogP contribution in [0.5, 0.6) is 0 Å². The minimum atomic E-state index is -0.502. The average molecular weight is 442 g/mol. The Balaban J connectivity index is 2.03. The molecule has 0 spiro atoms. The van der Waals surface area contributed by atoms with Crippen molar-refractivity contribution in [3.8, 4) is 0 Å². The first-order valence-corrected chi connectivity index (χ1v) is 10.0. The first-order valence-electron chi connectivity index (χ1n) is 9.61. The molecule has 2 aromatic carbocycles. The zero-order valence-electron chi connectivity index (χ0n) is 17.0. The van der Waals surface area contributed by atoms with Gasteiger partial charge in [0.15, 0.2) is 5.11 Å². The van der Waals surface area contributed by atoms with Gasteiger partial charge in [0, 0.05) is 31.3 Å². The van der Waals surface area contributed by atoms with Crippen molar-refractivity contribution in [2.45, 2.75) is 19.9 Å². The van der Waals surface area contributed by atoms with E-state index in [1.54, 1.807) is 17.9 Å². The molecule has 0 bridgehead atoms. The largest absolute Gasteiger partial charge is 0.466 e. The number of ether oxygens (including phenoxy) is 1. The molecule has 0 heterocycles. The standard InChI is InChI=1S/C22H23N3O5S/c1-2-30-21(27)13-14-24(16-18-7-4-3-5-8-18)22(31)23-20(26)12-11-17-9-6-10-19(15-17)25(28)29/h3-12,15H,2,13-14,16H2,1H3,(H,23,26,31)/b12-11+. The summed E-state index contributed by atoms with van der Waals surface area (Å²) in [5.41, 5.74) is 1.42. The first-order chi connectivity index (χ1) is 14.9. The summed E-state index contributed by atoms with van der Waals surface area (Å²) in [6, 6.07) is 15.4. The third kappa shape index (κ3) is 8.35. The van der Waals surface area contributed by atoms with Crippen molar-refractivity contribution in [2.75, 3.05) is 13.2 Å². The molecule has 31 heavy (non-hydrogen) atoms. The zero-order valence-corrected chi connectivity index (χ0v) is 17.8. The van der Waals surface area contributed by atoms with Crippen LogP contribution in [0.1, 0.15) is 24.5 Å². The van der Waals surface area contributed by atoms with Crippen LogP contribution in [0.2, 0.25) is 0 Å². The molecule has 0 aliphatic carbocycles. The van der Waals surface area contributed by atoms with Gasteiger partial charge in [-0.2, -0.15) is 0 Å². The SMILES string of the molecule is CCOC(=O)CCN(Cc1ccccc1)C(=S)NC(=O)/C=C/c1cccc([N+](=O)[O-])c1. The smallest absolute Gasteiger partial charge is 0.307 e. The number of non-ortho nitro benzene ring substituents is 1. The van der Waals surface area contributed by atoms with Crippen molar-refractivity contribution in [3.05, 3.63) is 81.9 Å². The Morgan fingerprint density at radius 1 is 1.19 bits per heavy atom. The number of rotatable bonds is 9. The first kappa shape index (κ1) is 23.7. The van der Waals surface area contributed by atoms with Crippen molar-refractivity contribution >= 4 is 41.0 Å². The second-order valence-electron chi connectivity index (χ2n) is 6.44. The van der Waals surface area contributed by atoms with Gasteiger partial charge in [0.2, 0.25) is 5.91 Å². The molecule has 0 aliphatic rings. The maximum absolute atomic E-state index is 12.3. The fourth-order valence-corrected chi connectivity index (χ4v) is 2.91. The summed E-state index contributed by atoms with van der Waals surface area (Å²) in [6.45, 7) is 2.72. The Kier molecular flexibility index (Phi) is 9.31. The molecule has 8 nitrogen and oxygen atoms in total. The van der Waals surface area contributed by atoms with Crippen molar-refractivity contribution in [1.29, 1.82) is 0 Å². The highest BCUT2D eigenvalue weighted by atomic mass is 32.1. The predicted octanol–water partition coefficient (Wildman–Crippen LogP) is 3.46. The van der Waals surface area contributed by atoms with Gasteiger partial charge in [0.25, 0.3) is 5.69 Å². The number of hydrogen-bond acceptors (Lipinski definition) is 6. The second-order valence-corrected chi connectivity index (χ2v) is 6.83. The molecule has 0 saturated carbocycles. The van der Waals surface area contributed by atoms with Gasteiger partial charge in [-0.25, -0.2) is 0 Å². The lowest BCUT2D eigenvalue weighted by atomic mass is 10.2. The summed E-state index contributed by atoms with van der Waals surface area (Å²) in [7, 11) is 0. The summed E-state index contributed by atoms with van der Waals surface area (Å²) in [5, 5.41) is 13.6. The van der Waals surface area contributed by atoms with E-state index in [1.807, 2.05) is 30.3 Å². The number of nitro groups is 1. The summed E-state index contributed by atoms with van der Waals surface area (Å²) < 4.78 is 4.96. The molecule has 0 aromatic heterocycles. The average Bonchev–Trinajstić information content (AvgIpc) is 2.76. The van der Waals surface area contributed by atoms with Gasteiger partial charge >= 0.3 is 5.97 Å². The summed E-state index contributed by atoms with van der Waals surface area (Å²) >= 11 is 5.37. The molecule has 0 saturated heterocycles. The van der Waals surface area contributed by atoms with Crippen LogP contribution in [0.3, 0.4) is 0 Å². The maximum Gasteiger partial charge on any atom is 0.307 e. The second kappa shape index (κ2) is 12.2. The van der Waals surface area contributed by atoms with Crippen LogP contribution in [0.25, 0.3) is 6.08 Å². The number of carbonyl (C=O) groups is 2. The van der Waals surface area contributed by atoms with Gasteiger partial charge in [0.05, 0.1) is 18.0 Å². The van der Waals surface area contributed by atoms with E-state index in [9.17, 15) is 19.7 Å². The number of nitrogens with one attached hydrogen (secondary N) is 1. The molecule has 9 heteroatoms. The number of hydrogen-bond donors (Lipinski definition) is 1. The van der Waals surface area contributed by atoms with Crippen molar-refractivity contribution < 1.29 is 19.2 Å². The van der Waals surface area contributed by atoms with E-state index in [-0.39, 0.29) is 29.7 Å². The van der Waals surface area contributed by atoms with Crippen LogP contribution in [0.15, 0.2) is 60.7 Å². The summed E-state index contributed by atoms with van der Waals surface area (Å²) in [5.74, 6) is -0.828. The van der Waals surface area contributed by atoms with Crippen LogP contribution in [0.4, 0.5) is 5.69 Å². The van der Waals surface area contributed by atoms with E-state index in [0.29, 0.717) is 18.7 Å². The number of thiocarbonyl (C=S) groups is 1. The topological polar surface area (TPSA) is 102 Å². The van der Waals surface area contributed by atoms with Gasteiger partial charge in [0.1, 0.15) is 0 Å². The number of nitrogens with zero attached hydrogens (tertiary/aromatic N) is 2. The number of amides is 1. The molecule has 1 N–H and O–H groups in total. The van der Waals surface area contributed by atoms with Crippen LogP contribution < -0.4 is 5.32 Å². The highest BCUT2D eigenvalue weighted by Gasteiger charge is 2.15. The third-order valence-corrected chi connectivity index (χ3v) is 4.49. The lowest BCUT2D eigenvalue weighted by Crippen LogP contribution is -2.42. The Morgan fingerprint density at radius 2 is 1.94 bits per heavy atom. The monoisotopic (exact) mass is 441 g/mol. The highest BCUT2D eigenvalue weighted by Crippen LogP contribution is 2.14. The molecular weight excluding hydrogens is 418 g/mol. The Hall–Kier alpha value is -3.59. The van der Waals surface area contributed by atoms with Gasteiger partial charge in [-0.1, -0.05) is 42.5 Å². The predicted molar refractivity (Wildman–Crippen MR) is 121 cm³/mol. The van der Waals surface area contributed by atoms with E-state index >= 15 is 0 Å². The van der Waals surface area contributed by atoms with Gasteiger partial charge in [-0.3, -0.25) is 25.0 Å². The van der Waals surface area contributed by atoms with Crippen molar-refractivity contribution in [2.24, 2.45) is 0 Å². The fraction of sp³-hybridized carbons (Fsp3) is 0.227. The van der Waals surface area contributed by atoms with Crippen LogP contribution in [-0.2, 0) is 20.9 Å². The Labute approximate surface area is 185 Å². The maximum atomic E-state index is 12.3. The number of esters is 1. The van der Waals surface area contributed by atoms with Crippen LogP contribution in [0, 0.1) is 10.1 Å². The van der Waals surface area contributed by atoms with E-state index in [0.717, 1.165) is 5.56 Å². The lowest BCUT2D eigenvalue weighted by Gasteiger charge is -2.25. The number of benzene rings is 2. The highest BCUT2D eigenvalue weighted by molar-refractivity contribution is 7.80. The van der Waals surface area contributed by atoms with E-state index in [4.69, 9.17) is 17.0 Å². The van der Waals surface area contributed by atoms with Crippen LogP contribution >= 0.6 is 12.2 Å². The summed E-state index contributed by atoms with van der Waals surface area (Å²) in [4.78, 5) is 36.1. The molecule has 0 radical (unpaired) electrons. The van der Waals surface area contributed by atoms with Crippen LogP contribution in [-0.4, -0.2) is 40.0 Å². The van der Waals surface area contributed by atoms with Gasteiger partial charge < -0.3 is 9.64 Å². The number of nitro benzene ring substituents is 1. The van der Waals surface area contributed by atoms with Crippen molar-refractivity contribution in [3.63, 3.8) is 0 Å². The molecule has 2 aromatic rings. The quantitative estimate of drug-likeness (QED) is 0.209. The zero-order chi connectivity index (χ0) is 22.6. The minimum Gasteiger partial charge on any atom is -0.466 e. The lowest BCUT2D eigenvalue weighted by molar-refractivity contribution is -0.384. The third-order valence-electron chi connectivity index (χ3n) is 4.13. The summed E-state index contributed by atoms with van der Waals surface area (Å²) in [6.07, 6.45) is 2.84. The van der Waals surface area contributed by atoms with Gasteiger partial charge in [-0.05, 0) is 36.3 Å². The molecule has 0 aliphatic heterocycles. The minimum absolute atomic E-state index is 0.0638. The number of carbonyl (C=O) groups excluding carboxylic acids is 2. The molecule has 0 unspecified atom stereocenters. The molecule has 0 atom stereocenters. The van der Waals surface area contributed by atoms with E-state index in [1.165, 1.54) is 30.4 Å². The molecule has 1 amide bonds. The van der Waals surface area contributed by atoms with Gasteiger partial charge in [-0.15, -0.1) is 0 Å². The molecule has 162 valence electrons. The Morgan fingerprint density at radius 3 is 2.61 bits per heavy atom. The van der Waals surface area contributed by atoms with E-state index in [2.05, 4.69) is 5.32 Å². The fourth-order valence-electron chi connectivity index (χ4n) is 2.66.